The molecule has 0 fully saturated rings. The van der Waals surface area contributed by atoms with E-state index in [1.54, 1.807) is 0 Å². The SMILES string of the molecule is CC1=[C-]C(C)([Si](C)(C)c2ccccc2)C(C)=C1C.CC1=[C-]C(C)([Si](C)(C)c2ccccc2)C(C)=C1C.[Ba+2]. The number of benzene rings is 2. The molecular formula is C34H46BaSi2. The van der Waals surface area contributed by atoms with Crippen LogP contribution in [0.2, 0.25) is 36.3 Å². The van der Waals surface area contributed by atoms with E-state index >= 15 is 0 Å². The molecule has 2 atom stereocenters. The molecule has 4 rings (SSSR count). The largest absolute Gasteiger partial charge is 2.00 e. The molecule has 37 heavy (non-hydrogen) atoms. The van der Waals surface area contributed by atoms with Crippen molar-refractivity contribution < 1.29 is 0 Å². The third-order valence-electron chi connectivity index (χ3n) is 10.1. The molecule has 2 unspecified atom stereocenters. The number of rotatable bonds is 4. The first-order chi connectivity index (χ1) is 16.6. The van der Waals surface area contributed by atoms with Gasteiger partial charge in [-0.15, -0.1) is 13.8 Å². The summed E-state index contributed by atoms with van der Waals surface area (Å²) in [5, 5.41) is 3.29. The first-order valence-corrected chi connectivity index (χ1v) is 19.3. The molecule has 0 aromatic heterocycles. The summed E-state index contributed by atoms with van der Waals surface area (Å²) in [7, 11) is -3.21. The van der Waals surface area contributed by atoms with Gasteiger partial charge in [0.25, 0.3) is 0 Å². The molecule has 0 radical (unpaired) electrons. The van der Waals surface area contributed by atoms with Gasteiger partial charge in [-0.05, 0) is 0 Å². The Morgan fingerprint density at radius 2 is 0.784 bits per heavy atom. The quantitative estimate of drug-likeness (QED) is 0.231. The van der Waals surface area contributed by atoms with Gasteiger partial charge in [-0.3, -0.25) is 12.2 Å². The maximum absolute atomic E-state index is 3.77. The summed E-state index contributed by atoms with van der Waals surface area (Å²) >= 11 is 0. The van der Waals surface area contributed by atoms with Crippen molar-refractivity contribution in [3.63, 3.8) is 0 Å². The van der Waals surface area contributed by atoms with Gasteiger partial charge in [0.2, 0.25) is 0 Å². The van der Waals surface area contributed by atoms with Crippen LogP contribution in [-0.4, -0.2) is 65.0 Å². The van der Waals surface area contributed by atoms with Crippen LogP contribution in [0.3, 0.4) is 0 Å². The van der Waals surface area contributed by atoms with Gasteiger partial charge < -0.3 is 0 Å². The van der Waals surface area contributed by atoms with Crippen LogP contribution in [0.5, 0.6) is 0 Å². The maximum atomic E-state index is 3.77. The summed E-state index contributed by atoms with van der Waals surface area (Å²) in [6.45, 7) is 28.0. The molecule has 0 N–H and O–H groups in total. The Labute approximate surface area is 270 Å². The Morgan fingerprint density at radius 3 is 1.00 bits per heavy atom. The molecule has 0 spiro atoms. The van der Waals surface area contributed by atoms with Crippen LogP contribution in [0.1, 0.15) is 55.4 Å². The van der Waals surface area contributed by atoms with E-state index in [0.717, 1.165) is 0 Å². The van der Waals surface area contributed by atoms with Gasteiger partial charge in [-0.2, -0.15) is 22.3 Å². The number of allylic oxidation sites excluding steroid dienone is 8. The minimum atomic E-state index is -1.61. The van der Waals surface area contributed by atoms with Crippen molar-refractivity contribution in [2.24, 2.45) is 0 Å². The minimum Gasteiger partial charge on any atom is -0.265 e. The van der Waals surface area contributed by atoms with Gasteiger partial charge in [0.15, 0.2) is 0 Å². The second-order valence-corrected chi connectivity index (χ2v) is 21.9. The van der Waals surface area contributed by atoms with Crippen LogP contribution >= 0.6 is 0 Å². The van der Waals surface area contributed by atoms with Crippen molar-refractivity contribution in [1.82, 2.24) is 0 Å². The molecule has 2 aromatic rings. The zero-order valence-corrected chi connectivity index (χ0v) is 31.9. The first-order valence-electron chi connectivity index (χ1n) is 13.3. The number of hydrogen-bond acceptors (Lipinski definition) is 0. The third-order valence-corrected chi connectivity index (χ3v) is 19.7. The van der Waals surface area contributed by atoms with Gasteiger partial charge in [-0.25, -0.2) is 11.1 Å². The standard InChI is InChI=1S/2C17H23Si.Ba/c2*1-13-12-17(4,15(3)14(13)2)18(5,6)16-10-8-7-9-11-16;/h2*7-11H,1-6H3;/q2*-1;+2. The first kappa shape index (κ1) is 32.6. The molecule has 0 heterocycles. The second-order valence-electron chi connectivity index (χ2n) is 12.2. The average Bonchev–Trinajstić information content (AvgIpc) is 3.20. The van der Waals surface area contributed by atoms with Crippen molar-refractivity contribution in [1.29, 1.82) is 0 Å². The van der Waals surface area contributed by atoms with Crippen molar-refractivity contribution >= 4 is 75.4 Å². The Hall–Kier alpha value is -0.595. The van der Waals surface area contributed by atoms with Crippen molar-refractivity contribution in [2.75, 3.05) is 0 Å². The molecule has 192 valence electrons. The van der Waals surface area contributed by atoms with Gasteiger partial charge >= 0.3 is 48.9 Å². The maximum Gasteiger partial charge on any atom is 2.00 e. The predicted molar refractivity (Wildman–Crippen MR) is 171 cm³/mol. The van der Waals surface area contributed by atoms with E-state index in [0.29, 0.717) is 0 Å². The monoisotopic (exact) mass is 648 g/mol. The van der Waals surface area contributed by atoms with Crippen LogP contribution in [0.4, 0.5) is 0 Å². The summed E-state index contributed by atoms with van der Waals surface area (Å²) in [6, 6.07) is 22.0. The second kappa shape index (κ2) is 11.9. The molecular weight excluding hydrogens is 602 g/mol. The minimum absolute atomic E-state index is 0. The topological polar surface area (TPSA) is 0 Å². The fraction of sp³-hybridized carbons (Fsp3) is 0.412. The third kappa shape index (κ3) is 5.68. The van der Waals surface area contributed by atoms with Crippen molar-refractivity contribution in [3.05, 3.63) is 106 Å². The van der Waals surface area contributed by atoms with Crippen LogP contribution in [-0.2, 0) is 0 Å². The molecule has 0 nitrogen and oxygen atoms in total. The van der Waals surface area contributed by atoms with Gasteiger partial charge in [0.1, 0.15) is 0 Å². The molecule has 0 saturated carbocycles. The Kier molecular flexibility index (Phi) is 10.5. The van der Waals surface area contributed by atoms with E-state index in [9.17, 15) is 0 Å². The van der Waals surface area contributed by atoms with Crippen LogP contribution in [0.25, 0.3) is 0 Å². The van der Waals surface area contributed by atoms with E-state index in [1.165, 1.54) is 43.8 Å². The predicted octanol–water partition coefficient (Wildman–Crippen LogP) is 8.54. The number of hydrogen-bond donors (Lipinski definition) is 0. The molecule has 2 aliphatic rings. The smallest absolute Gasteiger partial charge is 0.265 e. The molecule has 2 aromatic carbocycles. The summed E-state index contributed by atoms with van der Waals surface area (Å²) in [5.41, 5.74) is 8.59. The Morgan fingerprint density at radius 1 is 0.514 bits per heavy atom. The normalized spacial score (nSPS) is 23.8. The van der Waals surface area contributed by atoms with Crippen LogP contribution < -0.4 is 10.4 Å². The molecule has 3 heteroatoms. The Bertz CT molecular complexity index is 1150. The van der Waals surface area contributed by atoms with E-state index in [4.69, 9.17) is 0 Å². The van der Waals surface area contributed by atoms with Crippen LogP contribution in [0.15, 0.2) is 94.1 Å². The Balaban J connectivity index is 0.000000253. The molecule has 2 aliphatic carbocycles. The zero-order chi connectivity index (χ0) is 27.1. The van der Waals surface area contributed by atoms with Crippen LogP contribution in [0, 0.1) is 12.2 Å². The molecule has 0 saturated heterocycles. The van der Waals surface area contributed by atoms with E-state index < -0.39 is 16.1 Å². The van der Waals surface area contributed by atoms with Crippen molar-refractivity contribution in [2.45, 2.75) is 91.7 Å². The average molecular weight is 648 g/mol. The van der Waals surface area contributed by atoms with Gasteiger partial charge in [-0.1, -0.05) is 149 Å². The van der Waals surface area contributed by atoms with Crippen molar-refractivity contribution in [3.8, 4) is 0 Å². The zero-order valence-electron chi connectivity index (χ0n) is 25.5. The van der Waals surface area contributed by atoms with Gasteiger partial charge in [0.05, 0.1) is 16.1 Å². The summed E-state index contributed by atoms with van der Waals surface area (Å²) in [5.74, 6) is 0. The van der Waals surface area contributed by atoms with E-state index in [1.807, 2.05) is 0 Å². The van der Waals surface area contributed by atoms with E-state index in [-0.39, 0.29) is 59.0 Å². The van der Waals surface area contributed by atoms with Gasteiger partial charge in [0, 0.05) is 0 Å². The summed E-state index contributed by atoms with van der Waals surface area (Å²) < 4.78 is 0. The summed E-state index contributed by atoms with van der Waals surface area (Å²) in [6.07, 6.45) is 7.55. The van der Waals surface area contributed by atoms with E-state index in [2.05, 4.69) is 154 Å². The fourth-order valence-corrected chi connectivity index (χ4v) is 12.4. The molecule has 0 amide bonds. The molecule has 0 aliphatic heterocycles. The fourth-order valence-electron chi connectivity index (χ4n) is 5.97. The molecule has 0 bridgehead atoms. The summed E-state index contributed by atoms with van der Waals surface area (Å²) in [4.78, 5) is 0.